The molecule has 0 radical (unpaired) electrons. The Balaban J connectivity index is 2.93. The second kappa shape index (κ2) is 4.49. The maximum atomic E-state index is 11.1. The quantitative estimate of drug-likeness (QED) is 0.417. The van der Waals surface area contributed by atoms with Crippen LogP contribution in [0, 0.1) is 0 Å². The van der Waals surface area contributed by atoms with Crippen LogP contribution >= 0.6 is 11.3 Å². The molecular weight excluding hydrogens is 192 g/mol. The van der Waals surface area contributed by atoms with Gasteiger partial charge in [0.25, 0.3) is 0 Å². The first-order valence-electron chi connectivity index (χ1n) is 3.48. The fourth-order valence-electron chi connectivity index (χ4n) is 0.700. The van der Waals surface area contributed by atoms with Gasteiger partial charge < -0.3 is 4.74 Å². The minimum Gasteiger partial charge on any atom is -0.461 e. The first-order valence-corrected chi connectivity index (χ1v) is 4.36. The van der Waals surface area contributed by atoms with E-state index in [0.717, 1.165) is 11.3 Å². The van der Waals surface area contributed by atoms with Crippen LogP contribution in [0.1, 0.15) is 17.4 Å². The molecule has 0 unspecified atom stereocenters. The molecule has 1 aromatic rings. The molecule has 1 heterocycles. The largest absolute Gasteiger partial charge is 0.461 e. The minimum atomic E-state index is -0.572. The Kier molecular flexibility index (Phi) is 3.31. The Labute approximate surface area is 78.1 Å². The number of aliphatic imine (C=N–C) groups is 1. The van der Waals surface area contributed by atoms with Crippen LogP contribution in [0.3, 0.4) is 0 Å². The highest BCUT2D eigenvalue weighted by Crippen LogP contribution is 2.23. The van der Waals surface area contributed by atoms with E-state index in [-0.39, 0.29) is 17.3 Å². The van der Waals surface area contributed by atoms with Crippen molar-refractivity contribution in [1.82, 2.24) is 4.98 Å². The first kappa shape index (κ1) is 9.57. The summed E-state index contributed by atoms with van der Waals surface area (Å²) in [6, 6.07) is 0. The summed E-state index contributed by atoms with van der Waals surface area (Å²) in [5.74, 6) is -0.572. The normalized spacial score (nSPS) is 9.00. The van der Waals surface area contributed by atoms with Crippen molar-refractivity contribution >= 4 is 28.4 Å². The highest BCUT2D eigenvalue weighted by Gasteiger charge is 2.15. The monoisotopic (exact) mass is 198 g/mol. The van der Waals surface area contributed by atoms with Crippen molar-refractivity contribution < 1.29 is 14.3 Å². The van der Waals surface area contributed by atoms with Gasteiger partial charge >= 0.3 is 5.97 Å². The SMILES string of the molecule is CCOC(=O)c1ncsc1N=C=O. The van der Waals surface area contributed by atoms with Crippen molar-refractivity contribution in [2.75, 3.05) is 6.61 Å². The van der Waals surface area contributed by atoms with Crippen molar-refractivity contribution in [3.63, 3.8) is 0 Å². The van der Waals surface area contributed by atoms with Crippen LogP contribution in [0.25, 0.3) is 0 Å². The third-order valence-corrected chi connectivity index (χ3v) is 1.88. The van der Waals surface area contributed by atoms with E-state index in [2.05, 4.69) is 14.7 Å². The fraction of sp³-hybridized carbons (Fsp3) is 0.286. The number of rotatable bonds is 3. The molecule has 0 aromatic carbocycles. The van der Waals surface area contributed by atoms with Crippen LogP contribution in [0.15, 0.2) is 10.5 Å². The van der Waals surface area contributed by atoms with Crippen molar-refractivity contribution in [2.45, 2.75) is 6.92 Å². The van der Waals surface area contributed by atoms with Crippen LogP contribution in [0.5, 0.6) is 0 Å². The van der Waals surface area contributed by atoms with Gasteiger partial charge in [-0.2, -0.15) is 4.99 Å². The van der Waals surface area contributed by atoms with Gasteiger partial charge in [-0.15, -0.1) is 11.3 Å². The van der Waals surface area contributed by atoms with Crippen molar-refractivity contribution in [3.05, 3.63) is 11.2 Å². The molecule has 1 rings (SSSR count). The van der Waals surface area contributed by atoms with Gasteiger partial charge in [-0.3, -0.25) is 0 Å². The summed E-state index contributed by atoms with van der Waals surface area (Å²) in [5, 5.41) is 0.230. The summed E-state index contributed by atoms with van der Waals surface area (Å²) >= 11 is 1.09. The molecule has 0 N–H and O–H groups in total. The number of hydrogen-bond acceptors (Lipinski definition) is 6. The number of thiazole rings is 1. The van der Waals surface area contributed by atoms with Crippen molar-refractivity contribution in [1.29, 1.82) is 0 Å². The van der Waals surface area contributed by atoms with E-state index in [9.17, 15) is 9.59 Å². The minimum absolute atomic E-state index is 0.0650. The highest BCUT2D eigenvalue weighted by molar-refractivity contribution is 7.13. The van der Waals surface area contributed by atoms with E-state index in [4.69, 9.17) is 0 Å². The Morgan fingerprint density at radius 3 is 3.23 bits per heavy atom. The number of ether oxygens (including phenoxy) is 1. The highest BCUT2D eigenvalue weighted by atomic mass is 32.1. The number of carbonyl (C=O) groups excluding carboxylic acids is 2. The molecule has 13 heavy (non-hydrogen) atoms. The van der Waals surface area contributed by atoms with Gasteiger partial charge in [0, 0.05) is 0 Å². The van der Waals surface area contributed by atoms with Crippen molar-refractivity contribution in [3.8, 4) is 0 Å². The van der Waals surface area contributed by atoms with Crippen LogP contribution in [-0.2, 0) is 9.53 Å². The summed E-state index contributed by atoms with van der Waals surface area (Å²) in [6.45, 7) is 1.95. The van der Waals surface area contributed by atoms with E-state index in [0.29, 0.717) is 0 Å². The van der Waals surface area contributed by atoms with E-state index in [1.165, 1.54) is 11.6 Å². The Morgan fingerprint density at radius 1 is 1.85 bits per heavy atom. The second-order valence-electron chi connectivity index (χ2n) is 1.93. The molecule has 0 atom stereocenters. The maximum Gasteiger partial charge on any atom is 0.360 e. The van der Waals surface area contributed by atoms with Crippen molar-refractivity contribution in [2.24, 2.45) is 4.99 Å². The molecule has 0 spiro atoms. The molecule has 0 amide bonds. The van der Waals surface area contributed by atoms with E-state index >= 15 is 0 Å². The fourth-order valence-corrected chi connectivity index (χ4v) is 1.30. The lowest BCUT2D eigenvalue weighted by Crippen LogP contribution is -2.04. The summed E-state index contributed by atoms with van der Waals surface area (Å²) in [7, 11) is 0. The molecule has 1 aromatic heterocycles. The van der Waals surface area contributed by atoms with E-state index < -0.39 is 5.97 Å². The lowest BCUT2D eigenvalue weighted by Gasteiger charge is -1.96. The molecule has 0 aliphatic carbocycles. The third kappa shape index (κ3) is 2.21. The number of hydrogen-bond donors (Lipinski definition) is 0. The topological polar surface area (TPSA) is 68.6 Å². The molecule has 68 valence electrons. The molecule has 0 fully saturated rings. The number of nitrogens with zero attached hydrogens (tertiary/aromatic N) is 2. The van der Waals surface area contributed by atoms with Gasteiger partial charge in [-0.25, -0.2) is 14.6 Å². The van der Waals surface area contributed by atoms with Gasteiger partial charge in [0.2, 0.25) is 6.08 Å². The molecule has 0 saturated heterocycles. The maximum absolute atomic E-state index is 11.1. The van der Waals surface area contributed by atoms with E-state index in [1.807, 2.05) is 0 Å². The molecule has 0 aliphatic rings. The second-order valence-corrected chi connectivity index (χ2v) is 2.76. The number of aromatic nitrogens is 1. The lowest BCUT2D eigenvalue weighted by atomic mass is 10.5. The predicted molar refractivity (Wildman–Crippen MR) is 45.9 cm³/mol. The standard InChI is InChI=1S/C7H6N2O3S/c1-2-12-7(11)5-6(8-3-10)13-4-9-5/h4H,2H2,1H3. The van der Waals surface area contributed by atoms with Crippen LogP contribution < -0.4 is 0 Å². The lowest BCUT2D eigenvalue weighted by molar-refractivity contribution is 0.0521. The zero-order valence-electron chi connectivity index (χ0n) is 6.81. The Hall–Kier alpha value is -1.52. The number of esters is 1. The average Bonchev–Trinajstić information content (AvgIpc) is 2.54. The molecule has 5 nitrogen and oxygen atoms in total. The number of isocyanates is 1. The Morgan fingerprint density at radius 2 is 2.62 bits per heavy atom. The summed E-state index contributed by atoms with van der Waals surface area (Å²) < 4.78 is 4.69. The van der Waals surface area contributed by atoms with Gasteiger partial charge in [-0.05, 0) is 6.92 Å². The van der Waals surface area contributed by atoms with Crippen LogP contribution in [-0.4, -0.2) is 23.6 Å². The van der Waals surface area contributed by atoms with Gasteiger partial charge in [-0.1, -0.05) is 0 Å². The molecule has 0 saturated carbocycles. The molecule has 0 bridgehead atoms. The molecule has 6 heteroatoms. The average molecular weight is 198 g/mol. The zero-order valence-corrected chi connectivity index (χ0v) is 7.63. The third-order valence-electron chi connectivity index (χ3n) is 1.16. The number of carbonyl (C=O) groups is 1. The van der Waals surface area contributed by atoms with Gasteiger partial charge in [0.1, 0.15) is 0 Å². The summed E-state index contributed by atoms with van der Waals surface area (Å²) in [5.41, 5.74) is 1.48. The predicted octanol–water partition coefficient (Wildman–Crippen LogP) is 1.29. The Bertz CT molecular complexity index is 354. The van der Waals surface area contributed by atoms with E-state index in [1.54, 1.807) is 6.92 Å². The van der Waals surface area contributed by atoms with Gasteiger partial charge in [0.05, 0.1) is 12.1 Å². The molecular formula is C7H6N2O3S. The smallest absolute Gasteiger partial charge is 0.360 e. The summed E-state index contributed by atoms with van der Waals surface area (Å²) in [6.07, 6.45) is 1.35. The van der Waals surface area contributed by atoms with Crippen LogP contribution in [0.4, 0.5) is 5.00 Å². The molecule has 0 aliphatic heterocycles. The summed E-state index contributed by atoms with van der Waals surface area (Å²) in [4.78, 5) is 28.1. The van der Waals surface area contributed by atoms with Crippen LogP contribution in [0.2, 0.25) is 0 Å². The van der Waals surface area contributed by atoms with Gasteiger partial charge in [0.15, 0.2) is 10.7 Å². The first-order chi connectivity index (χ1) is 6.29. The zero-order chi connectivity index (χ0) is 9.68.